The van der Waals surface area contributed by atoms with Crippen LogP contribution in [0.3, 0.4) is 0 Å². The summed E-state index contributed by atoms with van der Waals surface area (Å²) in [4.78, 5) is 23.4. The Balaban J connectivity index is 1.88. The second kappa shape index (κ2) is 9.58. The van der Waals surface area contributed by atoms with Gasteiger partial charge in [0.1, 0.15) is 11.5 Å². The Morgan fingerprint density at radius 1 is 0.769 bits per heavy atom. The van der Waals surface area contributed by atoms with Gasteiger partial charge in [0, 0.05) is 11.1 Å². The molecule has 0 atom stereocenters. The number of ether oxygens (including phenoxy) is 2. The van der Waals surface area contributed by atoms with Crippen LogP contribution in [0.2, 0.25) is 0 Å². The van der Waals surface area contributed by atoms with E-state index in [9.17, 15) is 9.59 Å². The van der Waals surface area contributed by atoms with Crippen molar-refractivity contribution in [3.05, 3.63) is 59.7 Å². The van der Waals surface area contributed by atoms with E-state index in [0.717, 1.165) is 0 Å². The fraction of sp³-hybridized carbons (Fsp3) is 0.111. The molecule has 26 heavy (non-hydrogen) atoms. The molecule has 2 rings (SSSR count). The van der Waals surface area contributed by atoms with E-state index in [4.69, 9.17) is 9.47 Å². The molecule has 0 spiro atoms. The Labute approximate surface area is 150 Å². The van der Waals surface area contributed by atoms with Gasteiger partial charge in [-0.25, -0.2) is 10.9 Å². The average Bonchev–Trinajstić information content (AvgIpc) is 2.68. The maximum Gasteiger partial charge on any atom is 0.331 e. The van der Waals surface area contributed by atoms with Crippen molar-refractivity contribution in [3.63, 3.8) is 0 Å². The molecule has 0 bridgehead atoms. The summed E-state index contributed by atoms with van der Waals surface area (Å²) in [5.74, 6) is -0.714. The van der Waals surface area contributed by atoms with E-state index >= 15 is 0 Å². The van der Waals surface area contributed by atoms with Crippen molar-refractivity contribution in [2.45, 2.75) is 0 Å². The Morgan fingerprint density at radius 3 is 1.54 bits per heavy atom. The number of benzene rings is 2. The van der Waals surface area contributed by atoms with Gasteiger partial charge in [-0.1, -0.05) is 24.3 Å². The molecule has 0 aliphatic heterocycles. The number of para-hydroxylation sites is 2. The summed E-state index contributed by atoms with van der Waals surface area (Å²) < 4.78 is 10.3. The molecule has 2 N–H and O–H groups in total. The zero-order valence-electron chi connectivity index (χ0n) is 14.3. The van der Waals surface area contributed by atoms with E-state index in [-0.39, 0.29) is 0 Å². The highest BCUT2D eigenvalue weighted by atomic mass is 16.5. The van der Waals surface area contributed by atoms with Gasteiger partial charge in [0.05, 0.1) is 26.6 Å². The smallest absolute Gasteiger partial charge is 0.331 e. The molecule has 0 aliphatic rings. The Kier molecular flexibility index (Phi) is 6.87. The highest BCUT2D eigenvalue weighted by Gasteiger charge is 2.11. The van der Waals surface area contributed by atoms with Gasteiger partial charge in [0.15, 0.2) is 0 Å². The number of carbonyl (C=O) groups is 2. The first kappa shape index (κ1) is 18.7. The summed E-state index contributed by atoms with van der Waals surface area (Å²) in [6.45, 7) is 0. The molecule has 0 saturated heterocycles. The monoisotopic (exact) mass is 354 g/mol. The predicted octanol–water partition coefficient (Wildman–Crippen LogP) is 1.30. The van der Waals surface area contributed by atoms with Crippen molar-refractivity contribution in [1.29, 1.82) is 0 Å². The molecule has 2 amide bonds. The molecule has 2 aromatic rings. The van der Waals surface area contributed by atoms with Crippen molar-refractivity contribution in [3.8, 4) is 11.5 Å². The lowest BCUT2D eigenvalue weighted by Crippen LogP contribution is -2.35. The van der Waals surface area contributed by atoms with Crippen molar-refractivity contribution < 1.29 is 19.1 Å². The maximum atomic E-state index is 11.7. The van der Waals surface area contributed by atoms with Crippen LogP contribution < -0.4 is 20.3 Å². The fourth-order valence-corrected chi connectivity index (χ4v) is 1.97. The average molecular weight is 354 g/mol. The third kappa shape index (κ3) is 5.17. The number of hydrogen-bond acceptors (Lipinski definition) is 6. The van der Waals surface area contributed by atoms with Crippen molar-refractivity contribution in [2.75, 3.05) is 14.2 Å². The summed E-state index contributed by atoms with van der Waals surface area (Å²) in [7, 11) is 3.05. The van der Waals surface area contributed by atoms with Crippen LogP contribution in [-0.2, 0) is 9.59 Å². The van der Waals surface area contributed by atoms with Gasteiger partial charge in [-0.3, -0.25) is 9.59 Å². The van der Waals surface area contributed by atoms with E-state index in [1.807, 2.05) is 12.1 Å². The molecule has 0 aromatic heterocycles. The number of nitrogens with one attached hydrogen (secondary N) is 2. The molecule has 134 valence electrons. The first-order valence-electron chi connectivity index (χ1n) is 7.58. The number of nitrogens with zero attached hydrogens (tertiary/aromatic N) is 2. The number of rotatable bonds is 6. The van der Waals surface area contributed by atoms with Crippen LogP contribution in [0.1, 0.15) is 11.1 Å². The van der Waals surface area contributed by atoms with Gasteiger partial charge in [0.25, 0.3) is 0 Å². The predicted molar refractivity (Wildman–Crippen MR) is 97.5 cm³/mol. The minimum Gasteiger partial charge on any atom is -0.496 e. The summed E-state index contributed by atoms with van der Waals surface area (Å²) in [5.41, 5.74) is 5.55. The summed E-state index contributed by atoms with van der Waals surface area (Å²) in [6.07, 6.45) is 2.75. The number of methoxy groups -OCH3 is 2. The van der Waals surface area contributed by atoms with E-state index in [1.165, 1.54) is 26.6 Å². The van der Waals surface area contributed by atoms with Crippen LogP contribution in [-0.4, -0.2) is 38.5 Å². The van der Waals surface area contributed by atoms with Crippen LogP contribution in [0, 0.1) is 0 Å². The largest absolute Gasteiger partial charge is 0.496 e. The van der Waals surface area contributed by atoms with Crippen LogP contribution in [0.4, 0.5) is 0 Å². The molecule has 8 heteroatoms. The van der Waals surface area contributed by atoms with Crippen LogP contribution >= 0.6 is 0 Å². The molecule has 0 unspecified atom stereocenters. The molecule has 0 aliphatic carbocycles. The zero-order chi connectivity index (χ0) is 18.8. The summed E-state index contributed by atoms with van der Waals surface area (Å²) in [5, 5.41) is 7.46. The Morgan fingerprint density at radius 2 is 1.15 bits per heavy atom. The number of hydrazone groups is 2. The van der Waals surface area contributed by atoms with Crippen LogP contribution in [0.5, 0.6) is 11.5 Å². The minimum atomic E-state index is -0.951. The van der Waals surface area contributed by atoms with Gasteiger partial charge in [0.2, 0.25) is 0 Å². The maximum absolute atomic E-state index is 11.7. The van der Waals surface area contributed by atoms with Gasteiger partial charge in [-0.05, 0) is 24.3 Å². The highest BCUT2D eigenvalue weighted by molar-refractivity contribution is 6.35. The lowest BCUT2D eigenvalue weighted by atomic mass is 10.2. The lowest BCUT2D eigenvalue weighted by Gasteiger charge is -2.03. The number of amides is 2. The van der Waals surface area contributed by atoms with Crippen molar-refractivity contribution >= 4 is 24.2 Å². The Hall–Kier alpha value is -3.68. The van der Waals surface area contributed by atoms with E-state index in [0.29, 0.717) is 22.6 Å². The molecule has 0 fully saturated rings. The highest BCUT2D eigenvalue weighted by Crippen LogP contribution is 2.15. The Bertz CT molecular complexity index is 764. The first-order chi connectivity index (χ1) is 12.7. The molecule has 8 nitrogen and oxygen atoms in total. The topological polar surface area (TPSA) is 101 Å². The van der Waals surface area contributed by atoms with Crippen molar-refractivity contribution in [2.24, 2.45) is 10.2 Å². The zero-order valence-corrected chi connectivity index (χ0v) is 14.3. The third-order valence-electron chi connectivity index (χ3n) is 3.22. The van der Waals surface area contributed by atoms with Crippen molar-refractivity contribution in [1.82, 2.24) is 10.9 Å². The van der Waals surface area contributed by atoms with Crippen LogP contribution in [0.15, 0.2) is 58.7 Å². The van der Waals surface area contributed by atoms with Crippen LogP contribution in [0.25, 0.3) is 0 Å². The van der Waals surface area contributed by atoms with Gasteiger partial charge < -0.3 is 9.47 Å². The lowest BCUT2D eigenvalue weighted by molar-refractivity contribution is -0.139. The third-order valence-corrected chi connectivity index (χ3v) is 3.22. The summed E-state index contributed by atoms with van der Waals surface area (Å²) >= 11 is 0. The second-order valence-electron chi connectivity index (χ2n) is 4.88. The molecule has 2 aromatic carbocycles. The molecular formula is C18H18N4O4. The standard InChI is InChI=1S/C18H18N4O4/c1-25-15-9-5-3-7-13(15)11-19-21-17(23)18(24)22-20-12-14-8-4-6-10-16(14)26-2/h3-12H,1-2H3,(H,21,23)(H,22,24)/b19-11-,20-12?. The normalized spacial score (nSPS) is 10.7. The van der Waals surface area contributed by atoms with Gasteiger partial charge in [-0.2, -0.15) is 10.2 Å². The fourth-order valence-electron chi connectivity index (χ4n) is 1.97. The summed E-state index contributed by atoms with van der Waals surface area (Å²) in [6, 6.07) is 14.2. The van der Waals surface area contributed by atoms with Gasteiger partial charge >= 0.3 is 11.8 Å². The molecular weight excluding hydrogens is 336 g/mol. The van der Waals surface area contributed by atoms with E-state index in [1.54, 1.807) is 36.4 Å². The molecule has 0 saturated carbocycles. The first-order valence-corrected chi connectivity index (χ1v) is 7.58. The van der Waals surface area contributed by atoms with E-state index in [2.05, 4.69) is 21.1 Å². The SMILES string of the molecule is COc1ccccc1C=NNC(=O)C(=O)N/N=C\c1ccccc1OC. The second-order valence-corrected chi connectivity index (χ2v) is 4.88. The molecule has 0 heterocycles. The number of carbonyl (C=O) groups excluding carboxylic acids is 2. The minimum absolute atomic E-state index is 0.594. The quantitative estimate of drug-likeness (QED) is 0.464. The van der Waals surface area contributed by atoms with Gasteiger partial charge in [-0.15, -0.1) is 0 Å². The molecule has 0 radical (unpaired) electrons. The van der Waals surface area contributed by atoms with E-state index < -0.39 is 11.8 Å². The number of hydrogen-bond donors (Lipinski definition) is 2.